The van der Waals surface area contributed by atoms with Gasteiger partial charge in [-0.05, 0) is 24.6 Å². The summed E-state index contributed by atoms with van der Waals surface area (Å²) in [4.78, 5) is 0. The topological polar surface area (TPSA) is 62.3 Å². The number of aromatic nitrogens is 2. The molecule has 6 heteroatoms. The van der Waals surface area contributed by atoms with Crippen molar-refractivity contribution < 1.29 is 9.47 Å². The minimum absolute atomic E-state index is 0.578. The number of hydrogen-bond acceptors (Lipinski definition) is 5. The number of hydrogen-bond donors (Lipinski definition) is 1. The van der Waals surface area contributed by atoms with E-state index in [1.165, 1.54) is 0 Å². The first-order valence-electron chi connectivity index (χ1n) is 6.45. The number of nitrogen functional groups attached to an aromatic ring is 1. The minimum atomic E-state index is 0.578. The SMILES string of the molecule is Cc1cc(SCc2cc3c(cc2N)OCCO3)n(C)n1. The summed E-state index contributed by atoms with van der Waals surface area (Å²) in [6.07, 6.45) is 0. The van der Waals surface area contributed by atoms with Crippen LogP contribution in [0.2, 0.25) is 0 Å². The molecule has 5 nitrogen and oxygen atoms in total. The standard InChI is InChI=1S/C14H17N3O2S/c1-9-5-14(17(2)16-9)20-8-10-6-12-13(7-11(10)15)19-4-3-18-12/h5-7H,3-4,8,15H2,1-2H3. The molecule has 1 aliphatic rings. The maximum absolute atomic E-state index is 6.08. The average molecular weight is 291 g/mol. The molecule has 0 saturated carbocycles. The maximum Gasteiger partial charge on any atom is 0.163 e. The number of aryl methyl sites for hydroxylation is 2. The van der Waals surface area contributed by atoms with E-state index >= 15 is 0 Å². The molecular formula is C14H17N3O2S. The number of benzene rings is 1. The Labute approximate surface area is 122 Å². The van der Waals surface area contributed by atoms with Crippen LogP contribution < -0.4 is 15.2 Å². The fourth-order valence-electron chi connectivity index (χ4n) is 2.15. The fraction of sp³-hybridized carbons (Fsp3) is 0.357. The van der Waals surface area contributed by atoms with Crippen LogP contribution in [0.3, 0.4) is 0 Å². The van der Waals surface area contributed by atoms with Gasteiger partial charge in [0.1, 0.15) is 13.2 Å². The highest BCUT2D eigenvalue weighted by Crippen LogP contribution is 2.36. The van der Waals surface area contributed by atoms with Crippen molar-refractivity contribution in [2.75, 3.05) is 18.9 Å². The molecule has 0 radical (unpaired) electrons. The summed E-state index contributed by atoms with van der Waals surface area (Å²) >= 11 is 1.71. The third-order valence-corrected chi connectivity index (χ3v) is 4.27. The van der Waals surface area contributed by atoms with Gasteiger partial charge in [-0.1, -0.05) is 0 Å². The Morgan fingerprint density at radius 3 is 2.60 bits per heavy atom. The van der Waals surface area contributed by atoms with E-state index in [0.29, 0.717) is 13.2 Å². The van der Waals surface area contributed by atoms with E-state index in [0.717, 1.165) is 39.2 Å². The summed E-state index contributed by atoms with van der Waals surface area (Å²) in [5.41, 5.74) is 8.89. The first-order chi connectivity index (χ1) is 9.63. The molecule has 0 fully saturated rings. The first-order valence-corrected chi connectivity index (χ1v) is 7.43. The highest BCUT2D eigenvalue weighted by Gasteiger charge is 2.15. The molecule has 0 saturated heterocycles. The molecular weight excluding hydrogens is 274 g/mol. The average Bonchev–Trinajstić information content (AvgIpc) is 2.74. The van der Waals surface area contributed by atoms with Crippen LogP contribution in [0, 0.1) is 6.92 Å². The molecule has 1 aromatic carbocycles. The van der Waals surface area contributed by atoms with Gasteiger partial charge in [0.25, 0.3) is 0 Å². The second kappa shape index (κ2) is 5.28. The van der Waals surface area contributed by atoms with Gasteiger partial charge in [-0.25, -0.2) is 0 Å². The van der Waals surface area contributed by atoms with Gasteiger partial charge in [-0.15, -0.1) is 11.8 Å². The van der Waals surface area contributed by atoms with Gasteiger partial charge in [0.2, 0.25) is 0 Å². The number of fused-ring (bicyclic) bond motifs is 1. The summed E-state index contributed by atoms with van der Waals surface area (Å²) in [7, 11) is 1.95. The highest BCUT2D eigenvalue weighted by atomic mass is 32.2. The lowest BCUT2D eigenvalue weighted by atomic mass is 10.2. The van der Waals surface area contributed by atoms with Crippen LogP contribution in [0.1, 0.15) is 11.3 Å². The smallest absolute Gasteiger partial charge is 0.163 e. The molecule has 2 N–H and O–H groups in total. The fourth-order valence-corrected chi connectivity index (χ4v) is 3.18. The summed E-state index contributed by atoms with van der Waals surface area (Å²) < 4.78 is 13.0. The zero-order chi connectivity index (χ0) is 14.1. The maximum atomic E-state index is 6.08. The van der Waals surface area contributed by atoms with Crippen LogP contribution in [-0.2, 0) is 12.8 Å². The Morgan fingerprint density at radius 1 is 1.25 bits per heavy atom. The van der Waals surface area contributed by atoms with Crippen molar-refractivity contribution in [3.8, 4) is 11.5 Å². The van der Waals surface area contributed by atoms with E-state index in [1.54, 1.807) is 11.8 Å². The number of anilines is 1. The molecule has 106 valence electrons. The first kappa shape index (κ1) is 13.2. The van der Waals surface area contributed by atoms with Crippen molar-refractivity contribution in [2.45, 2.75) is 17.7 Å². The molecule has 0 bridgehead atoms. The van der Waals surface area contributed by atoms with Crippen LogP contribution in [-0.4, -0.2) is 23.0 Å². The molecule has 2 aromatic rings. The van der Waals surface area contributed by atoms with Crippen molar-refractivity contribution in [2.24, 2.45) is 7.05 Å². The van der Waals surface area contributed by atoms with Gasteiger partial charge in [0.15, 0.2) is 11.5 Å². The largest absolute Gasteiger partial charge is 0.486 e. The van der Waals surface area contributed by atoms with Crippen LogP contribution in [0.5, 0.6) is 11.5 Å². The van der Waals surface area contributed by atoms with Crippen LogP contribution in [0.15, 0.2) is 23.2 Å². The predicted octanol–water partition coefficient (Wildman–Crippen LogP) is 2.37. The van der Waals surface area contributed by atoms with Gasteiger partial charge < -0.3 is 15.2 Å². The Kier molecular flexibility index (Phi) is 3.48. The number of nitrogens with zero attached hydrogens (tertiary/aromatic N) is 2. The van der Waals surface area contributed by atoms with Crippen molar-refractivity contribution in [1.29, 1.82) is 0 Å². The van der Waals surface area contributed by atoms with Crippen molar-refractivity contribution in [3.63, 3.8) is 0 Å². The molecule has 0 unspecified atom stereocenters. The number of nitrogens with two attached hydrogens (primary N) is 1. The van der Waals surface area contributed by atoms with Gasteiger partial charge in [0.05, 0.1) is 10.7 Å². The Balaban J connectivity index is 1.79. The second-order valence-electron chi connectivity index (χ2n) is 4.73. The number of rotatable bonds is 3. The molecule has 0 aliphatic carbocycles. The quantitative estimate of drug-likeness (QED) is 0.695. The highest BCUT2D eigenvalue weighted by molar-refractivity contribution is 7.98. The summed E-state index contributed by atoms with van der Waals surface area (Å²) in [5, 5.41) is 5.46. The Hall–Kier alpha value is -1.82. The lowest BCUT2D eigenvalue weighted by molar-refractivity contribution is 0.171. The lowest BCUT2D eigenvalue weighted by Crippen LogP contribution is -2.15. The monoisotopic (exact) mass is 291 g/mol. The van der Waals surface area contributed by atoms with E-state index in [4.69, 9.17) is 15.2 Å². The van der Waals surface area contributed by atoms with Crippen LogP contribution >= 0.6 is 11.8 Å². The Bertz CT molecular complexity index is 640. The molecule has 0 amide bonds. The van der Waals surface area contributed by atoms with Gasteiger partial charge in [-0.2, -0.15) is 5.10 Å². The molecule has 20 heavy (non-hydrogen) atoms. The van der Waals surface area contributed by atoms with Crippen molar-refractivity contribution in [1.82, 2.24) is 9.78 Å². The van der Waals surface area contributed by atoms with E-state index in [2.05, 4.69) is 11.2 Å². The Morgan fingerprint density at radius 2 is 1.95 bits per heavy atom. The van der Waals surface area contributed by atoms with Crippen LogP contribution in [0.25, 0.3) is 0 Å². The zero-order valence-corrected chi connectivity index (χ0v) is 12.4. The normalized spacial score (nSPS) is 13.5. The molecule has 3 rings (SSSR count). The van der Waals surface area contributed by atoms with Crippen molar-refractivity contribution >= 4 is 17.4 Å². The zero-order valence-electron chi connectivity index (χ0n) is 11.5. The van der Waals surface area contributed by atoms with E-state index in [9.17, 15) is 0 Å². The summed E-state index contributed by atoms with van der Waals surface area (Å²) in [5.74, 6) is 2.29. The third kappa shape index (κ3) is 2.56. The second-order valence-corrected chi connectivity index (χ2v) is 5.73. The van der Waals surface area contributed by atoms with Gasteiger partial charge in [0, 0.05) is 24.6 Å². The minimum Gasteiger partial charge on any atom is -0.486 e. The van der Waals surface area contributed by atoms with Crippen molar-refractivity contribution in [3.05, 3.63) is 29.5 Å². The molecule has 0 atom stereocenters. The summed E-state index contributed by atoms with van der Waals surface area (Å²) in [6, 6.07) is 5.89. The van der Waals surface area contributed by atoms with Crippen LogP contribution in [0.4, 0.5) is 5.69 Å². The van der Waals surface area contributed by atoms with Gasteiger partial charge >= 0.3 is 0 Å². The molecule has 0 spiro atoms. The lowest BCUT2D eigenvalue weighted by Gasteiger charge is -2.20. The molecule has 1 aliphatic heterocycles. The summed E-state index contributed by atoms with van der Waals surface area (Å²) in [6.45, 7) is 3.15. The third-order valence-electron chi connectivity index (χ3n) is 3.14. The van der Waals surface area contributed by atoms with Gasteiger partial charge in [-0.3, -0.25) is 4.68 Å². The number of thioether (sulfide) groups is 1. The predicted molar refractivity (Wildman–Crippen MR) is 79.4 cm³/mol. The van der Waals surface area contributed by atoms with E-state index in [-0.39, 0.29) is 0 Å². The molecule has 2 heterocycles. The van der Waals surface area contributed by atoms with E-state index in [1.807, 2.05) is 30.8 Å². The molecule has 1 aromatic heterocycles. The van der Waals surface area contributed by atoms with E-state index < -0.39 is 0 Å². The number of ether oxygens (including phenoxy) is 2.